The van der Waals surface area contributed by atoms with E-state index in [1.807, 2.05) is 0 Å². The second kappa shape index (κ2) is 5.31. The smallest absolute Gasteiger partial charge is 0.227 e. The molecule has 0 aliphatic heterocycles. The second-order valence-electron chi connectivity index (χ2n) is 6.08. The molecule has 0 fully saturated rings. The lowest BCUT2D eigenvalue weighted by atomic mass is 9.93. The first-order chi connectivity index (χ1) is 8.16. The maximum absolute atomic E-state index is 11.8. The van der Waals surface area contributed by atoms with Crippen LogP contribution in [0.2, 0.25) is 0 Å². The fraction of sp³-hybridized carbons (Fsp3) is 0.692. The molecule has 0 saturated carbocycles. The average molecular weight is 273 g/mol. The molecule has 1 rings (SSSR count). The fourth-order valence-electron chi connectivity index (χ4n) is 1.19. The molecule has 102 valence electrons. The van der Waals surface area contributed by atoms with Crippen molar-refractivity contribution in [1.82, 2.24) is 10.3 Å². The van der Waals surface area contributed by atoms with E-state index in [9.17, 15) is 4.79 Å². The Morgan fingerprint density at radius 3 is 2.44 bits per heavy atom. The summed E-state index contributed by atoms with van der Waals surface area (Å²) < 4.78 is 5.33. The van der Waals surface area contributed by atoms with E-state index in [-0.39, 0.29) is 23.7 Å². The van der Waals surface area contributed by atoms with Gasteiger partial charge in [-0.2, -0.15) is 0 Å². The van der Waals surface area contributed by atoms with Crippen LogP contribution in [-0.2, 0) is 16.8 Å². The SMILES string of the molecule is CC(C)(CCl)C(=O)NCc1nc(C(C)(C)C)co1. The van der Waals surface area contributed by atoms with E-state index in [0.29, 0.717) is 5.89 Å². The lowest BCUT2D eigenvalue weighted by molar-refractivity contribution is -0.128. The standard InChI is InChI=1S/C13H21ClN2O2/c1-12(2,3)9-7-18-10(16-9)6-15-11(17)13(4,5)8-14/h7H,6,8H2,1-5H3,(H,15,17). The van der Waals surface area contributed by atoms with Gasteiger partial charge in [-0.05, 0) is 13.8 Å². The third-order valence-corrected chi connectivity index (χ3v) is 3.34. The number of nitrogens with one attached hydrogen (secondary N) is 1. The highest BCUT2D eigenvalue weighted by molar-refractivity contribution is 6.19. The number of rotatable bonds is 4. The van der Waals surface area contributed by atoms with Crippen molar-refractivity contribution in [2.24, 2.45) is 5.41 Å². The summed E-state index contributed by atoms with van der Waals surface area (Å²) in [6.45, 7) is 10.1. The Hall–Kier alpha value is -1.03. The Morgan fingerprint density at radius 2 is 2.00 bits per heavy atom. The maximum atomic E-state index is 11.8. The molecule has 0 spiro atoms. The van der Waals surface area contributed by atoms with Gasteiger partial charge in [0, 0.05) is 11.3 Å². The Labute approximate surface area is 113 Å². The van der Waals surface area contributed by atoms with Gasteiger partial charge in [0.2, 0.25) is 11.8 Å². The minimum absolute atomic E-state index is 0.0544. The van der Waals surface area contributed by atoms with Gasteiger partial charge < -0.3 is 9.73 Å². The molecule has 0 aliphatic carbocycles. The van der Waals surface area contributed by atoms with Gasteiger partial charge in [-0.15, -0.1) is 11.6 Å². The zero-order chi connectivity index (χ0) is 14.0. The zero-order valence-electron chi connectivity index (χ0n) is 11.6. The Bertz CT molecular complexity index is 419. The van der Waals surface area contributed by atoms with Gasteiger partial charge in [-0.25, -0.2) is 4.98 Å². The molecular formula is C13H21ClN2O2. The Balaban J connectivity index is 2.60. The first kappa shape index (κ1) is 15.0. The predicted molar refractivity (Wildman–Crippen MR) is 71.6 cm³/mol. The number of nitrogens with zero attached hydrogens (tertiary/aromatic N) is 1. The van der Waals surface area contributed by atoms with Crippen LogP contribution in [0.25, 0.3) is 0 Å². The summed E-state index contributed by atoms with van der Waals surface area (Å²) in [4.78, 5) is 16.2. The molecule has 4 nitrogen and oxygen atoms in total. The highest BCUT2D eigenvalue weighted by atomic mass is 35.5. The number of aromatic nitrogens is 1. The molecule has 0 atom stereocenters. The number of carbonyl (C=O) groups excluding carboxylic acids is 1. The van der Waals surface area contributed by atoms with Crippen LogP contribution in [0, 0.1) is 5.41 Å². The van der Waals surface area contributed by atoms with E-state index in [0.717, 1.165) is 5.69 Å². The van der Waals surface area contributed by atoms with Gasteiger partial charge in [-0.1, -0.05) is 20.8 Å². The van der Waals surface area contributed by atoms with Crippen LogP contribution in [0.4, 0.5) is 0 Å². The summed E-state index contributed by atoms with van der Waals surface area (Å²) in [6.07, 6.45) is 1.63. The molecule has 0 aromatic carbocycles. The van der Waals surface area contributed by atoms with Crippen LogP contribution in [0.5, 0.6) is 0 Å². The molecule has 1 heterocycles. The summed E-state index contributed by atoms with van der Waals surface area (Å²) in [5.74, 6) is 0.684. The van der Waals surface area contributed by atoms with Crippen molar-refractivity contribution >= 4 is 17.5 Å². The largest absolute Gasteiger partial charge is 0.447 e. The molecule has 0 saturated heterocycles. The monoisotopic (exact) mass is 272 g/mol. The highest BCUT2D eigenvalue weighted by Crippen LogP contribution is 2.21. The molecule has 0 radical (unpaired) electrons. The maximum Gasteiger partial charge on any atom is 0.227 e. The van der Waals surface area contributed by atoms with Crippen molar-refractivity contribution in [3.63, 3.8) is 0 Å². The van der Waals surface area contributed by atoms with Crippen molar-refractivity contribution < 1.29 is 9.21 Å². The summed E-state index contributed by atoms with van der Waals surface area (Å²) in [5, 5.41) is 2.78. The first-order valence-corrected chi connectivity index (χ1v) is 6.49. The topological polar surface area (TPSA) is 55.1 Å². The number of hydrogen-bond acceptors (Lipinski definition) is 3. The van der Waals surface area contributed by atoms with Gasteiger partial charge >= 0.3 is 0 Å². The van der Waals surface area contributed by atoms with E-state index in [1.54, 1.807) is 20.1 Å². The predicted octanol–water partition coefficient (Wildman–Crippen LogP) is 2.85. The molecule has 1 aromatic heterocycles. The third-order valence-electron chi connectivity index (χ3n) is 2.67. The first-order valence-electron chi connectivity index (χ1n) is 5.96. The van der Waals surface area contributed by atoms with Gasteiger partial charge in [0.25, 0.3) is 0 Å². The number of hydrogen-bond donors (Lipinski definition) is 1. The van der Waals surface area contributed by atoms with Gasteiger partial charge in [0.1, 0.15) is 6.26 Å². The molecular weight excluding hydrogens is 252 g/mol. The minimum Gasteiger partial charge on any atom is -0.447 e. The Kier molecular flexibility index (Phi) is 4.43. The zero-order valence-corrected chi connectivity index (χ0v) is 12.4. The highest BCUT2D eigenvalue weighted by Gasteiger charge is 2.26. The quantitative estimate of drug-likeness (QED) is 0.858. The molecule has 0 bridgehead atoms. The van der Waals surface area contributed by atoms with Gasteiger partial charge in [0.15, 0.2) is 0 Å². The summed E-state index contributed by atoms with van der Waals surface area (Å²) in [6, 6.07) is 0. The lowest BCUT2D eigenvalue weighted by Gasteiger charge is -2.19. The number of carbonyl (C=O) groups is 1. The van der Waals surface area contributed by atoms with Crippen molar-refractivity contribution in [2.45, 2.75) is 46.6 Å². The van der Waals surface area contributed by atoms with Crippen molar-refractivity contribution in [3.8, 4) is 0 Å². The van der Waals surface area contributed by atoms with Crippen LogP contribution >= 0.6 is 11.6 Å². The molecule has 18 heavy (non-hydrogen) atoms. The van der Waals surface area contributed by atoms with E-state index in [1.165, 1.54) is 0 Å². The molecule has 1 N–H and O–H groups in total. The van der Waals surface area contributed by atoms with Crippen LogP contribution in [0.3, 0.4) is 0 Å². The number of alkyl halides is 1. The van der Waals surface area contributed by atoms with Gasteiger partial charge in [0.05, 0.1) is 17.7 Å². The van der Waals surface area contributed by atoms with Crippen LogP contribution < -0.4 is 5.32 Å². The summed E-state index contributed by atoms with van der Waals surface area (Å²) in [5.41, 5.74) is 0.241. The van der Waals surface area contributed by atoms with Crippen molar-refractivity contribution in [1.29, 1.82) is 0 Å². The van der Waals surface area contributed by atoms with Crippen molar-refractivity contribution in [2.75, 3.05) is 5.88 Å². The average Bonchev–Trinajstić information content (AvgIpc) is 2.74. The number of halogens is 1. The number of amides is 1. The molecule has 1 aromatic rings. The van der Waals surface area contributed by atoms with E-state index >= 15 is 0 Å². The Morgan fingerprint density at radius 1 is 1.39 bits per heavy atom. The lowest BCUT2D eigenvalue weighted by Crippen LogP contribution is -2.37. The van der Waals surface area contributed by atoms with E-state index in [4.69, 9.17) is 16.0 Å². The van der Waals surface area contributed by atoms with E-state index < -0.39 is 5.41 Å². The van der Waals surface area contributed by atoms with Crippen LogP contribution in [0.1, 0.15) is 46.2 Å². The number of oxazole rings is 1. The minimum atomic E-state index is -0.582. The fourth-order valence-corrected chi connectivity index (χ4v) is 1.31. The third kappa shape index (κ3) is 3.73. The van der Waals surface area contributed by atoms with Crippen molar-refractivity contribution in [3.05, 3.63) is 17.8 Å². The normalized spacial score (nSPS) is 12.6. The molecule has 5 heteroatoms. The van der Waals surface area contributed by atoms with Crippen LogP contribution in [0.15, 0.2) is 10.7 Å². The molecule has 0 unspecified atom stereocenters. The summed E-state index contributed by atoms with van der Waals surface area (Å²) in [7, 11) is 0. The molecule has 1 amide bonds. The summed E-state index contributed by atoms with van der Waals surface area (Å²) >= 11 is 5.73. The van der Waals surface area contributed by atoms with E-state index in [2.05, 4.69) is 31.1 Å². The second-order valence-corrected chi connectivity index (χ2v) is 6.34. The van der Waals surface area contributed by atoms with Gasteiger partial charge in [-0.3, -0.25) is 4.79 Å². The molecule has 0 aliphatic rings. The van der Waals surface area contributed by atoms with Crippen LogP contribution in [-0.4, -0.2) is 16.8 Å².